The standard InChI is InChI=1S/C51H32N4O2/c1-3-12-33(13-4-1)34-22-26-37(27-23-34)53(38-28-24-35(25-29-38)40-18-11-21-47-48(40)41-16-7-9-19-45(41)56-47)39-30-31-43-44(32-39)54(36-14-5-2-6-15-36)51-52-49-42-17-8-10-20-46(42)57-50(49)55(43)51/h1-32H. The van der Waals surface area contributed by atoms with Gasteiger partial charge in [0, 0.05) is 38.9 Å². The van der Waals surface area contributed by atoms with Gasteiger partial charge in [-0.15, -0.1) is 0 Å². The minimum atomic E-state index is 0.739. The summed E-state index contributed by atoms with van der Waals surface area (Å²) in [6.45, 7) is 0. The number of furan rings is 2. The molecule has 12 rings (SSSR count). The van der Waals surface area contributed by atoms with Gasteiger partial charge in [0.15, 0.2) is 0 Å². The van der Waals surface area contributed by atoms with Crippen LogP contribution in [0.5, 0.6) is 0 Å². The first kappa shape index (κ1) is 31.5. The van der Waals surface area contributed by atoms with E-state index in [1.807, 2.05) is 42.5 Å². The van der Waals surface area contributed by atoms with E-state index in [9.17, 15) is 0 Å². The summed E-state index contributed by atoms with van der Waals surface area (Å²) in [4.78, 5) is 7.56. The van der Waals surface area contributed by atoms with E-state index < -0.39 is 0 Å². The fourth-order valence-electron chi connectivity index (χ4n) is 8.53. The van der Waals surface area contributed by atoms with Crippen molar-refractivity contribution in [3.63, 3.8) is 0 Å². The zero-order valence-electron chi connectivity index (χ0n) is 30.6. The molecule has 0 amide bonds. The van der Waals surface area contributed by atoms with Gasteiger partial charge in [-0.2, -0.15) is 0 Å². The predicted octanol–water partition coefficient (Wildman–Crippen LogP) is 13.9. The lowest BCUT2D eigenvalue weighted by atomic mass is 9.99. The molecule has 12 aromatic rings. The SMILES string of the molecule is c1ccc(-c2ccc(N(c3ccc(-c4cccc5oc6ccccc6c45)cc3)c3ccc4c(c3)n(-c3ccccc3)c3nc5c6ccccc6oc5n43)cc2)cc1. The first-order valence-corrected chi connectivity index (χ1v) is 19.1. The quantitative estimate of drug-likeness (QED) is 0.171. The second-order valence-corrected chi connectivity index (χ2v) is 14.4. The van der Waals surface area contributed by atoms with Gasteiger partial charge in [-0.25, -0.2) is 9.38 Å². The van der Waals surface area contributed by atoms with E-state index in [1.54, 1.807) is 0 Å². The summed E-state index contributed by atoms with van der Waals surface area (Å²) in [5.74, 6) is 0.803. The molecular weight excluding hydrogens is 701 g/mol. The van der Waals surface area contributed by atoms with Crippen molar-refractivity contribution in [2.75, 3.05) is 4.90 Å². The average molecular weight is 733 g/mol. The molecular formula is C51H32N4O2. The van der Waals surface area contributed by atoms with Gasteiger partial charge < -0.3 is 13.7 Å². The molecule has 0 radical (unpaired) electrons. The van der Waals surface area contributed by atoms with Gasteiger partial charge in [-0.05, 0) is 101 Å². The van der Waals surface area contributed by atoms with Gasteiger partial charge in [-0.1, -0.05) is 115 Å². The maximum atomic E-state index is 6.49. The highest BCUT2D eigenvalue weighted by Crippen LogP contribution is 2.42. The van der Waals surface area contributed by atoms with E-state index in [1.165, 1.54) is 11.1 Å². The average Bonchev–Trinajstić information content (AvgIpc) is 4.02. The van der Waals surface area contributed by atoms with Gasteiger partial charge in [0.25, 0.3) is 0 Å². The number of anilines is 3. The molecule has 6 nitrogen and oxygen atoms in total. The maximum Gasteiger partial charge on any atom is 0.234 e. The minimum absolute atomic E-state index is 0.739. The molecule has 0 bridgehead atoms. The van der Waals surface area contributed by atoms with Crippen LogP contribution >= 0.6 is 0 Å². The Morgan fingerprint density at radius 2 is 1.04 bits per heavy atom. The third-order valence-corrected chi connectivity index (χ3v) is 11.2. The highest BCUT2D eigenvalue weighted by molar-refractivity contribution is 6.12. The highest BCUT2D eigenvalue weighted by atomic mass is 16.3. The van der Waals surface area contributed by atoms with Crippen molar-refractivity contribution < 1.29 is 8.83 Å². The molecule has 6 heteroatoms. The van der Waals surface area contributed by atoms with E-state index in [0.717, 1.165) is 94.8 Å². The topological polar surface area (TPSA) is 51.8 Å². The predicted molar refractivity (Wildman–Crippen MR) is 232 cm³/mol. The van der Waals surface area contributed by atoms with Crippen molar-refractivity contribution in [1.29, 1.82) is 0 Å². The van der Waals surface area contributed by atoms with Crippen molar-refractivity contribution in [3.05, 3.63) is 194 Å². The molecule has 0 atom stereocenters. The molecule has 0 aliphatic heterocycles. The minimum Gasteiger partial charge on any atom is -0.456 e. The van der Waals surface area contributed by atoms with Crippen molar-refractivity contribution in [2.45, 2.75) is 0 Å². The van der Waals surface area contributed by atoms with Gasteiger partial charge in [0.2, 0.25) is 11.5 Å². The van der Waals surface area contributed by atoms with Crippen LogP contribution in [-0.2, 0) is 0 Å². The maximum absolute atomic E-state index is 6.49. The normalized spacial score (nSPS) is 11.9. The largest absolute Gasteiger partial charge is 0.456 e. The molecule has 4 heterocycles. The van der Waals surface area contributed by atoms with Crippen LogP contribution in [0.1, 0.15) is 0 Å². The number of hydrogen-bond donors (Lipinski definition) is 0. The van der Waals surface area contributed by atoms with Crippen molar-refractivity contribution >= 4 is 78.0 Å². The Morgan fingerprint density at radius 3 is 1.79 bits per heavy atom. The van der Waals surface area contributed by atoms with E-state index in [4.69, 9.17) is 13.8 Å². The molecule has 0 unspecified atom stereocenters. The van der Waals surface area contributed by atoms with E-state index in [2.05, 4.69) is 166 Å². The van der Waals surface area contributed by atoms with Crippen LogP contribution in [0.4, 0.5) is 17.1 Å². The Balaban J connectivity index is 1.05. The lowest BCUT2D eigenvalue weighted by Gasteiger charge is -2.26. The van der Waals surface area contributed by atoms with Crippen molar-refractivity contribution in [1.82, 2.24) is 14.0 Å². The number of fused-ring (bicyclic) bond motifs is 10. The number of nitrogens with zero attached hydrogens (tertiary/aromatic N) is 4. The molecule has 0 aliphatic rings. The molecule has 0 fully saturated rings. The number of imidazole rings is 2. The smallest absolute Gasteiger partial charge is 0.234 e. The Bertz CT molecular complexity index is 3450. The number of aromatic nitrogens is 3. The van der Waals surface area contributed by atoms with Crippen LogP contribution in [0.3, 0.4) is 0 Å². The first-order chi connectivity index (χ1) is 28.3. The summed E-state index contributed by atoms with van der Waals surface area (Å²) in [5, 5.41) is 3.25. The molecule has 8 aromatic carbocycles. The van der Waals surface area contributed by atoms with Crippen LogP contribution in [0.25, 0.3) is 88.9 Å². The van der Waals surface area contributed by atoms with Crippen LogP contribution in [0, 0.1) is 0 Å². The van der Waals surface area contributed by atoms with E-state index in [0.29, 0.717) is 0 Å². The Labute approximate surface area is 326 Å². The lowest BCUT2D eigenvalue weighted by Crippen LogP contribution is -2.10. The number of para-hydroxylation sites is 3. The Hall–Kier alpha value is -7.83. The van der Waals surface area contributed by atoms with Gasteiger partial charge >= 0.3 is 0 Å². The summed E-state index contributed by atoms with van der Waals surface area (Å²) in [5.41, 5.74) is 15.0. The summed E-state index contributed by atoms with van der Waals surface area (Å²) in [6.07, 6.45) is 0. The van der Waals surface area contributed by atoms with Crippen molar-refractivity contribution in [3.8, 4) is 27.9 Å². The van der Waals surface area contributed by atoms with Crippen LogP contribution in [-0.4, -0.2) is 14.0 Å². The molecule has 0 saturated carbocycles. The van der Waals surface area contributed by atoms with E-state index >= 15 is 0 Å². The molecule has 0 spiro atoms. The number of rotatable bonds is 6. The van der Waals surface area contributed by atoms with Crippen LogP contribution in [0.15, 0.2) is 203 Å². The molecule has 57 heavy (non-hydrogen) atoms. The highest BCUT2D eigenvalue weighted by Gasteiger charge is 2.23. The van der Waals surface area contributed by atoms with Crippen molar-refractivity contribution in [2.24, 2.45) is 0 Å². The Kier molecular flexibility index (Phi) is 6.83. The monoisotopic (exact) mass is 732 g/mol. The number of benzene rings is 8. The summed E-state index contributed by atoms with van der Waals surface area (Å²) in [7, 11) is 0. The zero-order valence-corrected chi connectivity index (χ0v) is 30.6. The fourth-order valence-corrected chi connectivity index (χ4v) is 8.53. The lowest BCUT2D eigenvalue weighted by molar-refractivity contribution is 0.651. The molecule has 0 N–H and O–H groups in total. The fraction of sp³-hybridized carbons (Fsp3) is 0. The van der Waals surface area contributed by atoms with Gasteiger partial charge in [-0.3, -0.25) is 4.57 Å². The Morgan fingerprint density at radius 1 is 0.439 bits per heavy atom. The van der Waals surface area contributed by atoms with Gasteiger partial charge in [0.05, 0.1) is 11.0 Å². The van der Waals surface area contributed by atoms with Crippen LogP contribution < -0.4 is 4.90 Å². The first-order valence-electron chi connectivity index (χ1n) is 19.1. The molecule has 0 saturated heterocycles. The second-order valence-electron chi connectivity index (χ2n) is 14.4. The van der Waals surface area contributed by atoms with E-state index in [-0.39, 0.29) is 0 Å². The molecule has 4 aromatic heterocycles. The summed E-state index contributed by atoms with van der Waals surface area (Å²) < 4.78 is 17.1. The zero-order chi connectivity index (χ0) is 37.5. The third kappa shape index (κ3) is 4.87. The third-order valence-electron chi connectivity index (χ3n) is 11.2. The molecule has 0 aliphatic carbocycles. The number of hydrogen-bond acceptors (Lipinski definition) is 4. The van der Waals surface area contributed by atoms with Gasteiger partial charge in [0.1, 0.15) is 22.3 Å². The summed E-state index contributed by atoms with van der Waals surface area (Å²) >= 11 is 0. The summed E-state index contributed by atoms with van der Waals surface area (Å²) in [6, 6.07) is 68.0. The molecule has 268 valence electrons. The second kappa shape index (κ2) is 12.3. The van der Waals surface area contributed by atoms with Crippen LogP contribution in [0.2, 0.25) is 0 Å².